The topological polar surface area (TPSA) is 85.0 Å². The van der Waals surface area contributed by atoms with Crippen LogP contribution in [0.4, 0.5) is 18.9 Å². The maximum absolute atomic E-state index is 12.5. The number of halogens is 3. The molecule has 0 unspecified atom stereocenters. The van der Waals surface area contributed by atoms with E-state index in [1.165, 1.54) is 47.0 Å². The molecule has 0 saturated carbocycles. The molecule has 1 amide bonds. The molecule has 0 bridgehead atoms. The highest BCUT2D eigenvalue weighted by Gasteiger charge is 2.31. The van der Waals surface area contributed by atoms with Crippen molar-refractivity contribution in [3.05, 3.63) is 90.3 Å². The third-order valence-corrected chi connectivity index (χ3v) is 6.64. The number of carbonyl (C=O) groups excluding carboxylic acids is 1. The molecule has 1 saturated heterocycles. The molecule has 1 aliphatic rings. The Morgan fingerprint density at radius 1 is 1.05 bits per heavy atom. The first-order valence-corrected chi connectivity index (χ1v) is 12.8. The Hall–Kier alpha value is -4.45. The lowest BCUT2D eigenvalue weighted by molar-refractivity contribution is -0.274. The SMILES string of the molecule is CCc1ccccc1N1C(=O)CS/C1=N\N=C\c1ccc(-c2ncn(-c3ccc(OC(F)(F)F)cc3)n2)cc1. The van der Waals surface area contributed by atoms with Crippen LogP contribution in [-0.4, -0.2) is 44.2 Å². The number of ether oxygens (including phenoxy) is 1. The van der Waals surface area contributed by atoms with Crippen molar-refractivity contribution in [2.24, 2.45) is 10.2 Å². The van der Waals surface area contributed by atoms with Crippen molar-refractivity contribution in [2.45, 2.75) is 19.7 Å². The van der Waals surface area contributed by atoms with Crippen LogP contribution >= 0.6 is 11.8 Å². The minimum atomic E-state index is -4.75. The number of hydrogen-bond acceptors (Lipinski definition) is 7. The van der Waals surface area contributed by atoms with Crippen molar-refractivity contribution >= 4 is 34.7 Å². The molecule has 0 atom stereocenters. The molecule has 1 fully saturated rings. The summed E-state index contributed by atoms with van der Waals surface area (Å²) in [5, 5.41) is 13.4. The summed E-state index contributed by atoms with van der Waals surface area (Å²) in [7, 11) is 0. The number of amidine groups is 1. The standard InChI is InChI=1S/C27H21F3N6O2S/c1-2-19-5-3-4-6-23(19)36-24(37)16-39-26(36)33-32-15-18-7-9-20(10-8-18)25-31-17-35(34-25)21-11-13-22(14-12-21)38-27(28,29)30/h3-15,17H,2,16H2,1H3/b32-15+,33-26-. The number of benzene rings is 3. The molecular weight excluding hydrogens is 529 g/mol. The lowest BCUT2D eigenvalue weighted by Gasteiger charge is -2.18. The van der Waals surface area contributed by atoms with Crippen LogP contribution in [0.2, 0.25) is 0 Å². The molecule has 3 aromatic carbocycles. The maximum Gasteiger partial charge on any atom is 0.573 e. The highest BCUT2D eigenvalue weighted by molar-refractivity contribution is 8.15. The highest BCUT2D eigenvalue weighted by atomic mass is 32.2. The molecule has 4 aromatic rings. The van der Waals surface area contributed by atoms with Gasteiger partial charge < -0.3 is 4.74 Å². The first-order valence-electron chi connectivity index (χ1n) is 11.8. The summed E-state index contributed by atoms with van der Waals surface area (Å²) in [6, 6.07) is 20.4. The smallest absolute Gasteiger partial charge is 0.406 e. The van der Waals surface area contributed by atoms with Crippen LogP contribution in [0.15, 0.2) is 89.3 Å². The molecule has 39 heavy (non-hydrogen) atoms. The monoisotopic (exact) mass is 550 g/mol. The second-order valence-corrected chi connectivity index (χ2v) is 9.25. The second kappa shape index (κ2) is 11.1. The van der Waals surface area contributed by atoms with Gasteiger partial charge in [0.05, 0.1) is 23.3 Å². The van der Waals surface area contributed by atoms with Crippen molar-refractivity contribution in [2.75, 3.05) is 10.7 Å². The number of rotatable bonds is 7. The zero-order chi connectivity index (χ0) is 27.4. The van der Waals surface area contributed by atoms with Crippen LogP contribution < -0.4 is 9.64 Å². The van der Waals surface area contributed by atoms with Gasteiger partial charge in [-0.3, -0.25) is 9.69 Å². The largest absolute Gasteiger partial charge is 0.573 e. The number of nitrogens with zero attached hydrogens (tertiary/aromatic N) is 6. The van der Waals surface area contributed by atoms with E-state index >= 15 is 0 Å². The minimum Gasteiger partial charge on any atom is -0.406 e. The van der Waals surface area contributed by atoms with E-state index in [4.69, 9.17) is 0 Å². The number of thioether (sulfide) groups is 1. The number of hydrogen-bond donors (Lipinski definition) is 0. The molecule has 0 aliphatic carbocycles. The number of amides is 1. The average Bonchev–Trinajstić information content (AvgIpc) is 3.56. The number of carbonyl (C=O) groups is 1. The summed E-state index contributed by atoms with van der Waals surface area (Å²) in [5.41, 5.74) is 3.95. The van der Waals surface area contributed by atoms with Crippen LogP contribution in [0.3, 0.4) is 0 Å². The van der Waals surface area contributed by atoms with Gasteiger partial charge in [0.15, 0.2) is 11.0 Å². The zero-order valence-corrected chi connectivity index (χ0v) is 21.4. The van der Waals surface area contributed by atoms with Gasteiger partial charge in [-0.05, 0) is 47.9 Å². The Morgan fingerprint density at radius 3 is 2.51 bits per heavy atom. The van der Waals surface area contributed by atoms with Gasteiger partial charge in [-0.2, -0.15) is 5.10 Å². The third kappa shape index (κ3) is 6.17. The van der Waals surface area contributed by atoms with E-state index in [1.807, 2.05) is 55.5 Å². The molecule has 8 nitrogen and oxygen atoms in total. The fourth-order valence-electron chi connectivity index (χ4n) is 3.88. The molecular formula is C27H21F3N6O2S. The van der Waals surface area contributed by atoms with Crippen LogP contribution in [0.5, 0.6) is 5.75 Å². The molecule has 12 heteroatoms. The van der Waals surface area contributed by atoms with Gasteiger partial charge in [-0.25, -0.2) is 9.67 Å². The van der Waals surface area contributed by atoms with Crippen molar-refractivity contribution in [1.29, 1.82) is 0 Å². The summed E-state index contributed by atoms with van der Waals surface area (Å²) >= 11 is 1.35. The number of para-hydroxylation sites is 1. The third-order valence-electron chi connectivity index (χ3n) is 5.72. The van der Waals surface area contributed by atoms with Gasteiger partial charge in [0.1, 0.15) is 12.1 Å². The van der Waals surface area contributed by atoms with E-state index < -0.39 is 6.36 Å². The lowest BCUT2D eigenvalue weighted by atomic mass is 10.1. The average molecular weight is 551 g/mol. The van der Waals surface area contributed by atoms with Crippen LogP contribution in [-0.2, 0) is 11.2 Å². The molecule has 5 rings (SSSR count). The molecule has 0 spiro atoms. The Labute approximate surface area is 225 Å². The number of alkyl halides is 3. The predicted molar refractivity (Wildman–Crippen MR) is 144 cm³/mol. The highest BCUT2D eigenvalue weighted by Crippen LogP contribution is 2.30. The molecule has 0 radical (unpaired) electrons. The van der Waals surface area contributed by atoms with Gasteiger partial charge in [-0.1, -0.05) is 61.2 Å². The summed E-state index contributed by atoms with van der Waals surface area (Å²) in [6.45, 7) is 2.04. The minimum absolute atomic E-state index is 0.0308. The van der Waals surface area contributed by atoms with Crippen molar-refractivity contribution in [1.82, 2.24) is 14.8 Å². The summed E-state index contributed by atoms with van der Waals surface area (Å²) in [6.07, 6.45) is -0.880. The first-order chi connectivity index (χ1) is 18.8. The lowest BCUT2D eigenvalue weighted by Crippen LogP contribution is -2.30. The van der Waals surface area contributed by atoms with Gasteiger partial charge in [-0.15, -0.1) is 23.4 Å². The predicted octanol–water partition coefficient (Wildman–Crippen LogP) is 5.87. The molecule has 0 N–H and O–H groups in total. The number of anilines is 1. The number of aryl methyl sites for hydroxylation is 1. The molecule has 198 valence electrons. The Balaban J connectivity index is 1.27. The van der Waals surface area contributed by atoms with Gasteiger partial charge >= 0.3 is 6.36 Å². The summed E-state index contributed by atoms with van der Waals surface area (Å²) in [5.74, 6) is 0.412. The van der Waals surface area contributed by atoms with E-state index in [-0.39, 0.29) is 11.7 Å². The summed E-state index contributed by atoms with van der Waals surface area (Å²) < 4.78 is 42.4. The van der Waals surface area contributed by atoms with E-state index in [0.717, 1.165) is 28.8 Å². The normalized spacial score (nSPS) is 15.0. The van der Waals surface area contributed by atoms with Gasteiger partial charge in [0, 0.05) is 5.56 Å². The van der Waals surface area contributed by atoms with Crippen LogP contribution in [0.1, 0.15) is 18.1 Å². The van der Waals surface area contributed by atoms with Gasteiger partial charge in [0.25, 0.3) is 0 Å². The number of aromatic nitrogens is 3. The van der Waals surface area contributed by atoms with Crippen LogP contribution in [0.25, 0.3) is 17.1 Å². The second-order valence-electron chi connectivity index (χ2n) is 8.30. The molecule has 1 aliphatic heterocycles. The first kappa shape index (κ1) is 26.2. The van der Waals surface area contributed by atoms with E-state index in [9.17, 15) is 18.0 Å². The van der Waals surface area contributed by atoms with Crippen molar-refractivity contribution in [3.8, 4) is 22.8 Å². The zero-order valence-electron chi connectivity index (χ0n) is 20.5. The Bertz CT molecular complexity index is 1530. The fourth-order valence-corrected chi connectivity index (χ4v) is 4.70. The Kier molecular flexibility index (Phi) is 7.46. The van der Waals surface area contributed by atoms with Gasteiger partial charge in [0.2, 0.25) is 5.91 Å². The maximum atomic E-state index is 12.5. The van der Waals surface area contributed by atoms with E-state index in [0.29, 0.717) is 22.4 Å². The molecule has 2 heterocycles. The van der Waals surface area contributed by atoms with Crippen LogP contribution in [0, 0.1) is 0 Å². The molecule has 1 aromatic heterocycles. The van der Waals surface area contributed by atoms with Crippen molar-refractivity contribution in [3.63, 3.8) is 0 Å². The van der Waals surface area contributed by atoms with E-state index in [2.05, 4.69) is 25.0 Å². The quantitative estimate of drug-likeness (QED) is 0.212. The van der Waals surface area contributed by atoms with Crippen molar-refractivity contribution < 1.29 is 22.7 Å². The van der Waals surface area contributed by atoms with E-state index in [1.54, 1.807) is 11.1 Å². The fraction of sp³-hybridized carbons (Fsp3) is 0.148. The summed E-state index contributed by atoms with van der Waals surface area (Å²) in [4.78, 5) is 18.4. The Morgan fingerprint density at radius 2 is 1.79 bits per heavy atom.